The number of rotatable bonds is 4. The Bertz CT molecular complexity index is 542. The predicted octanol–water partition coefficient (Wildman–Crippen LogP) is 2.64. The highest BCUT2D eigenvalue weighted by Crippen LogP contribution is 2.14. The molecule has 0 fully saturated rings. The number of nitrogens with two attached hydrogens (primary N) is 1. The number of nitrogens with one attached hydrogen (secondary N) is 2. The summed E-state index contributed by atoms with van der Waals surface area (Å²) in [7, 11) is 0. The van der Waals surface area contributed by atoms with Gasteiger partial charge in [0.2, 0.25) is 0 Å². The molecule has 1 aliphatic heterocycles. The number of carbonyl (C=O) groups is 1. The molecule has 0 aliphatic carbocycles. The van der Waals surface area contributed by atoms with E-state index in [1.165, 1.54) is 0 Å². The second-order valence-corrected chi connectivity index (χ2v) is 4.60. The van der Waals surface area contributed by atoms with E-state index in [1.807, 2.05) is 19.1 Å². The van der Waals surface area contributed by atoms with Crippen LogP contribution in [0.2, 0.25) is 0 Å². The molecule has 0 spiro atoms. The molecule has 0 aromatic heterocycles. The zero-order chi connectivity index (χ0) is 15.8. The largest absolute Gasteiger partial charge is 0.481 e. The Morgan fingerprint density at radius 3 is 2.86 bits per heavy atom. The highest BCUT2D eigenvalue weighted by Gasteiger charge is 2.10. The van der Waals surface area contributed by atoms with Crippen molar-refractivity contribution in [3.63, 3.8) is 0 Å². The smallest absolute Gasteiger partial charge is 0.316 e. The molecule has 0 saturated carbocycles. The van der Waals surface area contributed by atoms with Crippen molar-refractivity contribution >= 4 is 17.6 Å². The van der Waals surface area contributed by atoms with E-state index < -0.39 is 6.03 Å². The van der Waals surface area contributed by atoms with Gasteiger partial charge in [-0.05, 0) is 32.8 Å². The van der Waals surface area contributed by atoms with E-state index in [1.54, 1.807) is 20.0 Å². The maximum atomic E-state index is 10.9. The fraction of sp³-hybridized carbons (Fsp3) is 0.400. The first-order valence-corrected chi connectivity index (χ1v) is 6.85. The topological polar surface area (TPSA) is 101 Å². The van der Waals surface area contributed by atoms with Crippen molar-refractivity contribution in [3.05, 3.63) is 35.2 Å². The first kappa shape index (κ1) is 16.7. The maximum absolute atomic E-state index is 10.9. The van der Waals surface area contributed by atoms with Crippen molar-refractivity contribution in [2.45, 2.75) is 33.6 Å². The van der Waals surface area contributed by atoms with Crippen LogP contribution < -0.4 is 11.1 Å². The van der Waals surface area contributed by atoms with Crippen LogP contribution in [0.5, 0.6) is 0 Å². The lowest BCUT2D eigenvalue weighted by Gasteiger charge is -2.12. The molecule has 21 heavy (non-hydrogen) atoms. The van der Waals surface area contributed by atoms with Gasteiger partial charge in [-0.2, -0.15) is 0 Å². The van der Waals surface area contributed by atoms with Gasteiger partial charge in [0.05, 0.1) is 12.3 Å². The number of ether oxygens (including phenoxy) is 1. The fourth-order valence-electron chi connectivity index (χ4n) is 1.77. The van der Waals surface area contributed by atoms with E-state index in [4.69, 9.17) is 15.9 Å². The third kappa shape index (κ3) is 5.25. The Morgan fingerprint density at radius 2 is 2.24 bits per heavy atom. The predicted molar refractivity (Wildman–Crippen MR) is 84.3 cm³/mol. The van der Waals surface area contributed by atoms with Crippen LogP contribution in [-0.2, 0) is 4.74 Å². The number of urea groups is 1. The SMILES string of the molecule is CCOC1=N/C=C(C(=N)/C(C)=C(\C)NC(N)=O)\C=C/CC1. The minimum atomic E-state index is -0.640. The van der Waals surface area contributed by atoms with E-state index in [9.17, 15) is 4.79 Å². The minimum Gasteiger partial charge on any atom is -0.481 e. The molecule has 0 radical (unpaired) electrons. The number of allylic oxidation sites excluding steroid dienone is 5. The molecule has 0 bridgehead atoms. The van der Waals surface area contributed by atoms with Gasteiger partial charge in [0.25, 0.3) is 0 Å². The minimum absolute atomic E-state index is 0.291. The number of aliphatic imine (C=N–C) groups is 1. The summed E-state index contributed by atoms with van der Waals surface area (Å²) in [6, 6.07) is -0.640. The van der Waals surface area contributed by atoms with Gasteiger partial charge in [0.15, 0.2) is 5.90 Å². The van der Waals surface area contributed by atoms with Gasteiger partial charge >= 0.3 is 6.03 Å². The van der Waals surface area contributed by atoms with Crippen molar-refractivity contribution in [3.8, 4) is 0 Å². The van der Waals surface area contributed by atoms with Crippen molar-refractivity contribution in [1.29, 1.82) is 5.41 Å². The molecule has 0 aromatic rings. The van der Waals surface area contributed by atoms with Gasteiger partial charge in [-0.3, -0.25) is 5.41 Å². The van der Waals surface area contributed by atoms with Crippen LogP contribution in [0.25, 0.3) is 0 Å². The standard InChI is InChI=1S/C15H22N4O2/c1-4-21-13-8-6-5-7-12(9-18-13)14(16)10(2)11(3)19-15(17)20/h5,7,9,16H,4,6,8H2,1-3H3,(H3,17,19,20)/b7-5-,11-10+,12-9+,16-14?,18-13?. The third-order valence-corrected chi connectivity index (χ3v) is 3.02. The molecule has 1 rings (SSSR count). The average Bonchev–Trinajstić information content (AvgIpc) is 2.40. The summed E-state index contributed by atoms with van der Waals surface area (Å²) in [5, 5.41) is 10.7. The summed E-state index contributed by atoms with van der Waals surface area (Å²) in [5.74, 6) is 0.667. The fourth-order valence-corrected chi connectivity index (χ4v) is 1.77. The molecule has 114 valence electrons. The monoisotopic (exact) mass is 290 g/mol. The number of nitrogens with zero attached hydrogens (tertiary/aromatic N) is 1. The van der Waals surface area contributed by atoms with Crippen molar-refractivity contribution in [2.24, 2.45) is 10.7 Å². The molecule has 0 atom stereocenters. The number of hydrogen-bond donors (Lipinski definition) is 3. The van der Waals surface area contributed by atoms with Gasteiger partial charge < -0.3 is 15.8 Å². The summed E-state index contributed by atoms with van der Waals surface area (Å²) in [4.78, 5) is 15.2. The molecule has 0 saturated heterocycles. The summed E-state index contributed by atoms with van der Waals surface area (Å²) in [5.41, 5.74) is 7.23. The van der Waals surface area contributed by atoms with Gasteiger partial charge in [-0.1, -0.05) is 12.2 Å². The molecule has 2 amide bonds. The highest BCUT2D eigenvalue weighted by molar-refractivity contribution is 6.12. The van der Waals surface area contributed by atoms with Crippen LogP contribution >= 0.6 is 0 Å². The van der Waals surface area contributed by atoms with Gasteiger partial charge in [0, 0.05) is 23.9 Å². The van der Waals surface area contributed by atoms with Crippen LogP contribution in [-0.4, -0.2) is 24.2 Å². The molecular formula is C15H22N4O2. The lowest BCUT2D eigenvalue weighted by atomic mass is 10.0. The van der Waals surface area contributed by atoms with Crippen LogP contribution in [0.4, 0.5) is 4.79 Å². The van der Waals surface area contributed by atoms with Gasteiger partial charge in [-0.25, -0.2) is 9.79 Å². The van der Waals surface area contributed by atoms with E-state index >= 15 is 0 Å². The van der Waals surface area contributed by atoms with Crippen molar-refractivity contribution < 1.29 is 9.53 Å². The van der Waals surface area contributed by atoms with Crippen LogP contribution in [0.1, 0.15) is 33.6 Å². The van der Waals surface area contributed by atoms with Crippen LogP contribution in [0, 0.1) is 5.41 Å². The Morgan fingerprint density at radius 1 is 1.52 bits per heavy atom. The molecule has 6 heteroatoms. The molecule has 4 N–H and O–H groups in total. The van der Waals surface area contributed by atoms with Crippen LogP contribution in [0.3, 0.4) is 0 Å². The van der Waals surface area contributed by atoms with E-state index in [2.05, 4.69) is 10.3 Å². The van der Waals surface area contributed by atoms with E-state index in [0.29, 0.717) is 35.1 Å². The Kier molecular flexibility index (Phi) is 6.39. The summed E-state index contributed by atoms with van der Waals surface area (Å²) < 4.78 is 5.42. The maximum Gasteiger partial charge on any atom is 0.316 e. The van der Waals surface area contributed by atoms with E-state index in [0.717, 1.165) is 12.8 Å². The zero-order valence-electron chi connectivity index (χ0n) is 12.7. The molecule has 0 aromatic carbocycles. The number of carbonyl (C=O) groups excluding carboxylic acids is 1. The number of amides is 2. The summed E-state index contributed by atoms with van der Waals surface area (Å²) >= 11 is 0. The Labute approximate surface area is 125 Å². The van der Waals surface area contributed by atoms with E-state index in [-0.39, 0.29) is 0 Å². The van der Waals surface area contributed by atoms with Crippen molar-refractivity contribution in [1.82, 2.24) is 5.32 Å². The summed E-state index contributed by atoms with van der Waals surface area (Å²) in [6.07, 6.45) is 7.01. The molecule has 1 heterocycles. The highest BCUT2D eigenvalue weighted by atomic mass is 16.5. The second-order valence-electron chi connectivity index (χ2n) is 4.60. The number of primary amides is 1. The van der Waals surface area contributed by atoms with Gasteiger partial charge in [0.1, 0.15) is 0 Å². The van der Waals surface area contributed by atoms with Crippen LogP contribution in [0.15, 0.2) is 40.2 Å². The molecule has 6 nitrogen and oxygen atoms in total. The Balaban J connectivity index is 3.01. The quantitative estimate of drug-likeness (QED) is 0.693. The first-order chi connectivity index (χ1) is 9.95. The Hall–Kier alpha value is -2.37. The average molecular weight is 290 g/mol. The molecular weight excluding hydrogens is 268 g/mol. The lowest BCUT2D eigenvalue weighted by molar-refractivity contribution is 0.251. The first-order valence-electron chi connectivity index (χ1n) is 6.85. The molecule has 0 unspecified atom stereocenters. The zero-order valence-corrected chi connectivity index (χ0v) is 12.7. The lowest BCUT2D eigenvalue weighted by Crippen LogP contribution is -2.29. The second kappa shape index (κ2) is 8.04. The molecule has 1 aliphatic rings. The number of hydrogen-bond acceptors (Lipinski definition) is 4. The normalized spacial score (nSPS) is 20.0. The van der Waals surface area contributed by atoms with Gasteiger partial charge in [-0.15, -0.1) is 0 Å². The third-order valence-electron chi connectivity index (χ3n) is 3.02. The summed E-state index contributed by atoms with van der Waals surface area (Å²) in [6.45, 7) is 5.95. The van der Waals surface area contributed by atoms with Crippen molar-refractivity contribution in [2.75, 3.05) is 6.61 Å².